The zero-order chi connectivity index (χ0) is 43.3. The van der Waals surface area contributed by atoms with Crippen molar-refractivity contribution in [3.63, 3.8) is 0 Å². The van der Waals surface area contributed by atoms with Gasteiger partial charge in [0.2, 0.25) is 0 Å². The van der Waals surface area contributed by atoms with Gasteiger partial charge in [-0.2, -0.15) is 0 Å². The van der Waals surface area contributed by atoms with Crippen LogP contribution in [0.5, 0.6) is 0 Å². The van der Waals surface area contributed by atoms with E-state index in [0.717, 1.165) is 17.1 Å². The van der Waals surface area contributed by atoms with Crippen LogP contribution in [0.25, 0.3) is 66.8 Å². The molecule has 65 heavy (non-hydrogen) atoms. The lowest BCUT2D eigenvalue weighted by molar-refractivity contribution is 0.660. The molecule has 0 heterocycles. The SMILES string of the molecule is CC1(C)c2ccccc2-c2c(-c3ccc(N(c4ccc(-c5ccccc5)cc4)c4cccc5c4-c4ccccc4C54c5ccccc5-c5ccccc54)cc3-c3ccccc3)cccc21. The number of hydrogen-bond donors (Lipinski definition) is 0. The fourth-order valence-corrected chi connectivity index (χ4v) is 11.9. The lowest BCUT2D eigenvalue weighted by Crippen LogP contribution is -2.26. The van der Waals surface area contributed by atoms with Crippen molar-refractivity contribution in [2.45, 2.75) is 24.7 Å². The highest BCUT2D eigenvalue weighted by Gasteiger charge is 2.52. The normalized spacial score (nSPS) is 13.9. The first kappa shape index (κ1) is 37.5. The molecule has 13 rings (SSSR count). The summed E-state index contributed by atoms with van der Waals surface area (Å²) in [4.78, 5) is 2.51. The summed E-state index contributed by atoms with van der Waals surface area (Å²) < 4.78 is 0. The van der Waals surface area contributed by atoms with Gasteiger partial charge in [0, 0.05) is 22.4 Å². The molecule has 0 fully saturated rings. The van der Waals surface area contributed by atoms with Gasteiger partial charge < -0.3 is 4.90 Å². The first-order chi connectivity index (χ1) is 32.0. The van der Waals surface area contributed by atoms with Gasteiger partial charge in [0.25, 0.3) is 0 Å². The second-order valence-corrected chi connectivity index (χ2v) is 18.3. The Morgan fingerprint density at radius 3 is 1.40 bits per heavy atom. The van der Waals surface area contributed by atoms with Crippen LogP contribution < -0.4 is 4.90 Å². The predicted molar refractivity (Wildman–Crippen MR) is 271 cm³/mol. The number of benzene rings is 10. The Hall–Kier alpha value is -8.00. The van der Waals surface area contributed by atoms with Gasteiger partial charge in [0.05, 0.1) is 11.1 Å². The molecule has 10 aromatic carbocycles. The molecule has 0 atom stereocenters. The Balaban J connectivity index is 1.08. The monoisotopic (exact) mass is 827 g/mol. The van der Waals surface area contributed by atoms with E-state index >= 15 is 0 Å². The topological polar surface area (TPSA) is 3.24 Å². The van der Waals surface area contributed by atoms with Crippen molar-refractivity contribution in [3.8, 4) is 66.8 Å². The fraction of sp³-hybridized carbons (Fsp3) is 0.0625. The first-order valence-electron chi connectivity index (χ1n) is 22.8. The average Bonchev–Trinajstić information content (AvgIpc) is 3.94. The van der Waals surface area contributed by atoms with Crippen molar-refractivity contribution in [2.24, 2.45) is 0 Å². The quantitative estimate of drug-likeness (QED) is 0.161. The van der Waals surface area contributed by atoms with Crippen molar-refractivity contribution < 1.29 is 0 Å². The molecule has 1 spiro atoms. The zero-order valence-electron chi connectivity index (χ0n) is 36.5. The summed E-state index contributed by atoms with van der Waals surface area (Å²) in [6.45, 7) is 4.74. The Kier molecular flexibility index (Phi) is 8.24. The van der Waals surface area contributed by atoms with Crippen LogP contribution in [0.2, 0.25) is 0 Å². The third-order valence-corrected chi connectivity index (χ3v) is 14.7. The molecule has 0 amide bonds. The number of nitrogens with zero attached hydrogens (tertiary/aromatic N) is 1. The van der Waals surface area contributed by atoms with E-state index < -0.39 is 5.41 Å². The van der Waals surface area contributed by atoms with E-state index in [1.165, 1.54) is 100 Å². The molecule has 1 nitrogen and oxygen atoms in total. The number of rotatable bonds is 6. The minimum Gasteiger partial charge on any atom is -0.310 e. The molecule has 0 saturated heterocycles. The van der Waals surface area contributed by atoms with Gasteiger partial charge in [-0.1, -0.05) is 220 Å². The predicted octanol–water partition coefficient (Wildman–Crippen LogP) is 16.8. The van der Waals surface area contributed by atoms with Gasteiger partial charge in [0.15, 0.2) is 0 Å². The van der Waals surface area contributed by atoms with Crippen LogP contribution >= 0.6 is 0 Å². The number of hydrogen-bond acceptors (Lipinski definition) is 1. The van der Waals surface area contributed by atoms with Crippen molar-refractivity contribution in [1.82, 2.24) is 0 Å². The van der Waals surface area contributed by atoms with Gasteiger partial charge in [-0.15, -0.1) is 0 Å². The molecule has 0 bridgehead atoms. The van der Waals surface area contributed by atoms with Crippen LogP contribution in [0.15, 0.2) is 237 Å². The maximum absolute atomic E-state index is 2.51. The van der Waals surface area contributed by atoms with Gasteiger partial charge in [0.1, 0.15) is 0 Å². The number of fused-ring (bicyclic) bond motifs is 13. The molecule has 0 aliphatic heterocycles. The molecule has 0 aromatic heterocycles. The van der Waals surface area contributed by atoms with E-state index in [1.807, 2.05) is 0 Å². The zero-order valence-corrected chi connectivity index (χ0v) is 36.5. The van der Waals surface area contributed by atoms with Gasteiger partial charge in [-0.25, -0.2) is 0 Å². The Bertz CT molecular complexity index is 3460. The largest absolute Gasteiger partial charge is 0.310 e. The number of anilines is 3. The summed E-state index contributed by atoms with van der Waals surface area (Å²) in [6.07, 6.45) is 0. The van der Waals surface area contributed by atoms with Crippen molar-refractivity contribution in [3.05, 3.63) is 270 Å². The van der Waals surface area contributed by atoms with E-state index in [0.29, 0.717) is 0 Å². The standard InChI is InChI=1S/C64H45N/c1-63(2)54-28-13-11-25-51(54)61-50(27-17-32-58(61)63)47-40-39-46(41-53(47)44-21-7-4-8-22-44)65(45-37-35-43(36-38-45)42-19-5-3-6-20-42)60-34-18-33-59-62(60)52-26-12-16-31-57(52)64(59)55-29-14-9-23-48(55)49-24-10-15-30-56(49)64/h3-41H,1-2H3. The minimum absolute atomic E-state index is 0.0980. The first-order valence-corrected chi connectivity index (χ1v) is 22.8. The highest BCUT2D eigenvalue weighted by atomic mass is 15.1. The van der Waals surface area contributed by atoms with E-state index in [1.54, 1.807) is 0 Å². The average molecular weight is 828 g/mol. The summed E-state index contributed by atoms with van der Waals surface area (Å²) in [6, 6.07) is 88.2. The maximum atomic E-state index is 2.51. The molecular weight excluding hydrogens is 783 g/mol. The molecule has 0 radical (unpaired) electrons. The van der Waals surface area contributed by atoms with E-state index in [2.05, 4.69) is 255 Å². The molecule has 1 heteroatoms. The summed E-state index contributed by atoms with van der Waals surface area (Å²) in [7, 11) is 0. The lowest BCUT2D eigenvalue weighted by atomic mass is 9.70. The van der Waals surface area contributed by atoms with Crippen LogP contribution in [0.4, 0.5) is 17.1 Å². The van der Waals surface area contributed by atoms with Crippen LogP contribution in [-0.4, -0.2) is 0 Å². The maximum Gasteiger partial charge on any atom is 0.0726 e. The molecular formula is C64H45N. The second kappa shape index (κ2) is 14.3. The Morgan fingerprint density at radius 2 is 0.738 bits per heavy atom. The lowest BCUT2D eigenvalue weighted by Gasteiger charge is -2.32. The molecule has 0 saturated carbocycles. The van der Waals surface area contributed by atoms with Crippen molar-refractivity contribution in [1.29, 1.82) is 0 Å². The highest BCUT2D eigenvalue weighted by molar-refractivity contribution is 6.03. The Morgan fingerprint density at radius 1 is 0.277 bits per heavy atom. The fourth-order valence-electron chi connectivity index (χ4n) is 11.9. The van der Waals surface area contributed by atoms with Gasteiger partial charge >= 0.3 is 0 Å². The molecule has 3 aliphatic carbocycles. The molecule has 10 aromatic rings. The van der Waals surface area contributed by atoms with Crippen LogP contribution in [0, 0.1) is 0 Å². The molecule has 306 valence electrons. The van der Waals surface area contributed by atoms with E-state index in [9.17, 15) is 0 Å². The summed E-state index contributed by atoms with van der Waals surface area (Å²) >= 11 is 0. The van der Waals surface area contributed by atoms with Crippen molar-refractivity contribution in [2.75, 3.05) is 4.90 Å². The van der Waals surface area contributed by atoms with Gasteiger partial charge in [-0.3, -0.25) is 0 Å². The van der Waals surface area contributed by atoms with Crippen molar-refractivity contribution >= 4 is 17.1 Å². The smallest absolute Gasteiger partial charge is 0.0726 e. The van der Waals surface area contributed by atoms with E-state index in [4.69, 9.17) is 0 Å². The highest BCUT2D eigenvalue weighted by Crippen LogP contribution is 2.65. The van der Waals surface area contributed by atoms with Crippen LogP contribution in [0.1, 0.15) is 47.2 Å². The third-order valence-electron chi connectivity index (χ3n) is 14.7. The summed E-state index contributed by atoms with van der Waals surface area (Å²) in [5.74, 6) is 0. The molecule has 0 unspecified atom stereocenters. The van der Waals surface area contributed by atoms with Crippen LogP contribution in [0.3, 0.4) is 0 Å². The summed E-state index contributed by atoms with van der Waals surface area (Å²) in [5, 5.41) is 0. The third kappa shape index (κ3) is 5.33. The van der Waals surface area contributed by atoms with Gasteiger partial charge in [-0.05, 0) is 125 Å². The molecule has 0 N–H and O–H groups in total. The molecule has 3 aliphatic rings. The second-order valence-electron chi connectivity index (χ2n) is 18.3. The van der Waals surface area contributed by atoms with Crippen LogP contribution in [-0.2, 0) is 10.8 Å². The summed E-state index contributed by atoms with van der Waals surface area (Å²) in [5.41, 5.74) is 26.0. The minimum atomic E-state index is -0.450. The van der Waals surface area contributed by atoms with E-state index in [-0.39, 0.29) is 5.41 Å². The Labute approximate surface area is 381 Å².